The molecule has 0 radical (unpaired) electrons. The van der Waals surface area contributed by atoms with E-state index in [-0.39, 0.29) is 6.10 Å². The highest BCUT2D eigenvalue weighted by Gasteiger charge is 2.43. The zero-order valence-electron chi connectivity index (χ0n) is 21.3. The van der Waals surface area contributed by atoms with Crippen molar-refractivity contribution in [2.45, 2.75) is 78.2 Å². The molecule has 180 valence electrons. The molecule has 0 N–H and O–H groups in total. The Morgan fingerprint density at radius 3 is 1.53 bits per heavy atom. The van der Waals surface area contributed by atoms with Crippen LogP contribution >= 0.6 is 8.45 Å². The topological polar surface area (TPSA) is 40.6 Å². The van der Waals surface area contributed by atoms with Crippen molar-refractivity contribution in [1.82, 2.24) is 19.1 Å². The van der Waals surface area contributed by atoms with Gasteiger partial charge in [0.25, 0.3) is 0 Å². The van der Waals surface area contributed by atoms with Crippen LogP contribution in [0.3, 0.4) is 0 Å². The van der Waals surface area contributed by atoms with Crippen LogP contribution in [0.4, 0.5) is 0 Å². The summed E-state index contributed by atoms with van der Waals surface area (Å²) >= 11 is 0. The summed E-state index contributed by atoms with van der Waals surface area (Å²) in [6.07, 6.45) is 1.10. The fourth-order valence-electron chi connectivity index (χ4n) is 3.85. The second-order valence-electron chi connectivity index (χ2n) is 9.62. The molecule has 1 saturated heterocycles. The van der Waals surface area contributed by atoms with Gasteiger partial charge in [0.05, 0.1) is 26.4 Å². The molecule has 0 aromatic rings. The maximum atomic E-state index is 6.83. The minimum Gasteiger partial charge on any atom is -0.377 e. The van der Waals surface area contributed by atoms with Crippen molar-refractivity contribution in [2.75, 3.05) is 67.7 Å². The first-order chi connectivity index (χ1) is 14.0. The van der Waals surface area contributed by atoms with Gasteiger partial charge in [-0.1, -0.05) is 0 Å². The zero-order chi connectivity index (χ0) is 22.8. The highest BCUT2D eigenvalue weighted by atomic mass is 31.2. The molecule has 0 bridgehead atoms. The fourth-order valence-corrected chi connectivity index (χ4v) is 6.35. The Balaban J connectivity index is 2.88. The van der Waals surface area contributed by atoms with Gasteiger partial charge >= 0.3 is 0 Å². The third kappa shape index (κ3) is 9.74. The van der Waals surface area contributed by atoms with Gasteiger partial charge in [-0.2, -0.15) is 0 Å². The van der Waals surface area contributed by atoms with Crippen LogP contribution in [-0.4, -0.2) is 117 Å². The van der Waals surface area contributed by atoms with E-state index in [9.17, 15) is 0 Å². The van der Waals surface area contributed by atoms with E-state index in [0.717, 1.165) is 13.1 Å². The van der Waals surface area contributed by atoms with Crippen LogP contribution in [0.1, 0.15) is 48.0 Å². The van der Waals surface area contributed by atoms with Gasteiger partial charge in [-0.15, -0.1) is 0 Å². The standard InChI is InChI=1S/C22H49N4O3P/c1-18(2)25-20(5)15-21(6)26(19(3)4)30(25)29-22(16-27-13-11-23(7)8)17-28-14-12-24(9)10/h18-22H,11-17H2,1-10H3. The molecular formula is C22H49N4O3P. The Labute approximate surface area is 187 Å². The normalized spacial score (nSPS) is 24.3. The molecule has 0 saturated carbocycles. The maximum Gasteiger partial charge on any atom is 0.189 e. The summed E-state index contributed by atoms with van der Waals surface area (Å²) in [6.45, 7) is 18.1. The number of ether oxygens (including phenoxy) is 2. The average molecular weight is 449 g/mol. The minimum absolute atomic E-state index is 0.0690. The Hall–Kier alpha value is 0.150. The first-order valence-corrected chi connectivity index (χ1v) is 12.7. The van der Waals surface area contributed by atoms with Gasteiger partial charge in [0.1, 0.15) is 6.10 Å². The van der Waals surface area contributed by atoms with Crippen molar-refractivity contribution < 1.29 is 14.0 Å². The van der Waals surface area contributed by atoms with E-state index in [1.165, 1.54) is 6.42 Å². The predicted molar refractivity (Wildman–Crippen MR) is 128 cm³/mol. The molecule has 2 unspecified atom stereocenters. The molecule has 1 aliphatic rings. The third-order valence-electron chi connectivity index (χ3n) is 5.26. The Morgan fingerprint density at radius 1 is 0.800 bits per heavy atom. The van der Waals surface area contributed by atoms with E-state index in [1.54, 1.807) is 0 Å². The number of hydrogen-bond acceptors (Lipinski definition) is 7. The molecule has 0 aromatic carbocycles. The largest absolute Gasteiger partial charge is 0.377 e. The number of rotatable bonds is 14. The van der Waals surface area contributed by atoms with Crippen LogP contribution in [0.5, 0.6) is 0 Å². The lowest BCUT2D eigenvalue weighted by Gasteiger charge is -2.52. The average Bonchev–Trinajstić information content (AvgIpc) is 2.60. The number of likely N-dealkylation sites (N-methyl/N-ethyl adjacent to an activating group) is 2. The van der Waals surface area contributed by atoms with E-state index in [0.29, 0.717) is 50.6 Å². The zero-order valence-corrected chi connectivity index (χ0v) is 22.2. The molecule has 0 aliphatic carbocycles. The van der Waals surface area contributed by atoms with Crippen LogP contribution in [-0.2, 0) is 14.0 Å². The van der Waals surface area contributed by atoms with Gasteiger partial charge in [-0.3, -0.25) is 0 Å². The summed E-state index contributed by atoms with van der Waals surface area (Å²) in [5.74, 6) is 0. The van der Waals surface area contributed by atoms with Crippen LogP contribution in [0.2, 0.25) is 0 Å². The van der Waals surface area contributed by atoms with Gasteiger partial charge in [-0.05, 0) is 76.2 Å². The van der Waals surface area contributed by atoms with E-state index in [2.05, 4.69) is 88.9 Å². The second-order valence-corrected chi connectivity index (χ2v) is 11.3. The quantitative estimate of drug-likeness (QED) is 0.298. The Morgan fingerprint density at radius 2 is 1.20 bits per heavy atom. The lowest BCUT2D eigenvalue weighted by atomic mass is 10.1. The van der Waals surface area contributed by atoms with E-state index in [4.69, 9.17) is 14.0 Å². The smallest absolute Gasteiger partial charge is 0.189 e. The van der Waals surface area contributed by atoms with Crippen molar-refractivity contribution in [3.05, 3.63) is 0 Å². The highest BCUT2D eigenvalue weighted by molar-refractivity contribution is 7.47. The summed E-state index contributed by atoms with van der Waals surface area (Å²) in [6, 6.07) is 1.88. The Bertz CT molecular complexity index is 418. The first kappa shape index (κ1) is 28.2. The molecule has 2 atom stereocenters. The second kappa shape index (κ2) is 14.3. The third-order valence-corrected chi connectivity index (χ3v) is 8.24. The lowest BCUT2D eigenvalue weighted by molar-refractivity contribution is -0.0191. The van der Waals surface area contributed by atoms with Crippen LogP contribution in [0, 0.1) is 0 Å². The molecule has 1 aliphatic heterocycles. The molecule has 8 heteroatoms. The lowest BCUT2D eigenvalue weighted by Crippen LogP contribution is -2.52. The molecule has 30 heavy (non-hydrogen) atoms. The van der Waals surface area contributed by atoms with Crippen LogP contribution < -0.4 is 0 Å². The van der Waals surface area contributed by atoms with Crippen molar-refractivity contribution in [2.24, 2.45) is 0 Å². The maximum absolute atomic E-state index is 6.83. The van der Waals surface area contributed by atoms with Crippen LogP contribution in [0.25, 0.3) is 0 Å². The molecule has 0 amide bonds. The molecule has 1 fully saturated rings. The predicted octanol–water partition coefficient (Wildman–Crippen LogP) is 3.36. The molecule has 0 spiro atoms. The van der Waals surface area contributed by atoms with Gasteiger partial charge in [0, 0.05) is 37.3 Å². The van der Waals surface area contributed by atoms with Crippen molar-refractivity contribution in [3.8, 4) is 0 Å². The summed E-state index contributed by atoms with van der Waals surface area (Å²) in [4.78, 5) is 4.28. The monoisotopic (exact) mass is 448 g/mol. The summed E-state index contributed by atoms with van der Waals surface area (Å²) < 4.78 is 24.0. The van der Waals surface area contributed by atoms with Gasteiger partial charge < -0.3 is 23.8 Å². The number of hydrogen-bond donors (Lipinski definition) is 0. The minimum atomic E-state index is -0.876. The van der Waals surface area contributed by atoms with Crippen LogP contribution in [0.15, 0.2) is 0 Å². The van der Waals surface area contributed by atoms with Gasteiger partial charge in [-0.25, -0.2) is 9.34 Å². The highest BCUT2D eigenvalue weighted by Crippen LogP contribution is 2.55. The number of nitrogens with zero attached hydrogens (tertiary/aromatic N) is 4. The van der Waals surface area contributed by atoms with Crippen molar-refractivity contribution >= 4 is 8.45 Å². The SMILES string of the molecule is CC(C)N1C(C)CC(C)N(C(C)C)P1OC(COCCN(C)C)COCCN(C)C. The molecular weight excluding hydrogens is 399 g/mol. The van der Waals surface area contributed by atoms with Crippen molar-refractivity contribution in [1.29, 1.82) is 0 Å². The summed E-state index contributed by atoms with van der Waals surface area (Å²) in [5.41, 5.74) is 0. The van der Waals surface area contributed by atoms with E-state index < -0.39 is 8.45 Å². The van der Waals surface area contributed by atoms with Gasteiger partial charge in [0.15, 0.2) is 8.45 Å². The first-order valence-electron chi connectivity index (χ1n) is 11.5. The van der Waals surface area contributed by atoms with Crippen molar-refractivity contribution in [3.63, 3.8) is 0 Å². The molecule has 0 aromatic heterocycles. The van der Waals surface area contributed by atoms with E-state index in [1.807, 2.05) is 0 Å². The Kier molecular flexibility index (Phi) is 13.5. The van der Waals surface area contributed by atoms with E-state index >= 15 is 0 Å². The molecule has 7 nitrogen and oxygen atoms in total. The summed E-state index contributed by atoms with van der Waals surface area (Å²) in [7, 11) is 7.39. The molecule has 1 rings (SSSR count). The van der Waals surface area contributed by atoms with Gasteiger partial charge in [0.2, 0.25) is 0 Å². The summed E-state index contributed by atoms with van der Waals surface area (Å²) in [5, 5.41) is 0. The molecule has 1 heterocycles. The fraction of sp³-hybridized carbons (Fsp3) is 1.00.